The van der Waals surface area contributed by atoms with Gasteiger partial charge < -0.3 is 5.32 Å². The SMILES string of the molecule is CC(C)c1nnc(NC2CCCc3ccc(F)cc32)s1. The molecule has 1 atom stereocenters. The van der Waals surface area contributed by atoms with Gasteiger partial charge in [-0.25, -0.2) is 4.39 Å². The van der Waals surface area contributed by atoms with Gasteiger partial charge in [-0.2, -0.15) is 0 Å². The van der Waals surface area contributed by atoms with E-state index in [0.717, 1.165) is 35.0 Å². The van der Waals surface area contributed by atoms with Crippen LogP contribution in [0.3, 0.4) is 0 Å². The number of rotatable bonds is 3. The van der Waals surface area contributed by atoms with E-state index in [2.05, 4.69) is 29.4 Å². The number of nitrogens with zero attached hydrogens (tertiary/aromatic N) is 2. The Morgan fingerprint density at radius 1 is 1.35 bits per heavy atom. The molecule has 0 fully saturated rings. The third kappa shape index (κ3) is 2.68. The molecule has 1 aliphatic rings. The van der Waals surface area contributed by atoms with Crippen molar-refractivity contribution in [3.8, 4) is 0 Å². The van der Waals surface area contributed by atoms with Crippen LogP contribution >= 0.6 is 11.3 Å². The van der Waals surface area contributed by atoms with Crippen molar-refractivity contribution < 1.29 is 4.39 Å². The number of nitrogens with one attached hydrogen (secondary N) is 1. The third-order valence-electron chi connectivity index (χ3n) is 3.65. The predicted octanol–water partition coefficient (Wildman–Crippen LogP) is 4.29. The van der Waals surface area contributed by atoms with E-state index < -0.39 is 0 Å². The summed E-state index contributed by atoms with van der Waals surface area (Å²) >= 11 is 1.59. The van der Waals surface area contributed by atoms with Crippen molar-refractivity contribution in [2.24, 2.45) is 0 Å². The molecular formula is C15H18FN3S. The average Bonchev–Trinajstić information content (AvgIpc) is 2.88. The number of benzene rings is 1. The van der Waals surface area contributed by atoms with Gasteiger partial charge in [0.1, 0.15) is 10.8 Å². The lowest BCUT2D eigenvalue weighted by Gasteiger charge is -2.26. The molecule has 20 heavy (non-hydrogen) atoms. The average molecular weight is 291 g/mol. The lowest BCUT2D eigenvalue weighted by atomic mass is 9.88. The van der Waals surface area contributed by atoms with E-state index in [1.54, 1.807) is 23.5 Å². The van der Waals surface area contributed by atoms with Crippen LogP contribution in [0.15, 0.2) is 18.2 Å². The second-order valence-corrected chi connectivity index (χ2v) is 6.54. The largest absolute Gasteiger partial charge is 0.353 e. The molecule has 1 N–H and O–H groups in total. The van der Waals surface area contributed by atoms with Gasteiger partial charge in [0.05, 0.1) is 6.04 Å². The fraction of sp³-hybridized carbons (Fsp3) is 0.467. The summed E-state index contributed by atoms with van der Waals surface area (Å²) in [6.45, 7) is 4.21. The van der Waals surface area contributed by atoms with Crippen LogP contribution in [0.4, 0.5) is 9.52 Å². The molecule has 5 heteroatoms. The fourth-order valence-electron chi connectivity index (χ4n) is 2.60. The summed E-state index contributed by atoms with van der Waals surface area (Å²) in [5.41, 5.74) is 2.31. The lowest BCUT2D eigenvalue weighted by molar-refractivity contribution is 0.579. The van der Waals surface area contributed by atoms with Crippen LogP contribution in [0.1, 0.15) is 54.8 Å². The Balaban J connectivity index is 1.83. The molecular weight excluding hydrogens is 273 g/mol. The quantitative estimate of drug-likeness (QED) is 0.916. The van der Waals surface area contributed by atoms with Gasteiger partial charge in [-0.3, -0.25) is 0 Å². The van der Waals surface area contributed by atoms with Crippen molar-refractivity contribution in [1.29, 1.82) is 0 Å². The Kier molecular flexibility index (Phi) is 3.70. The zero-order chi connectivity index (χ0) is 14.1. The second-order valence-electron chi connectivity index (χ2n) is 5.53. The molecule has 1 heterocycles. The Morgan fingerprint density at radius 3 is 2.95 bits per heavy atom. The van der Waals surface area contributed by atoms with Gasteiger partial charge in [0.25, 0.3) is 0 Å². The Morgan fingerprint density at radius 2 is 2.20 bits per heavy atom. The molecule has 0 radical (unpaired) electrons. The molecule has 1 aromatic heterocycles. The molecule has 1 unspecified atom stereocenters. The van der Waals surface area contributed by atoms with Crippen LogP contribution < -0.4 is 5.32 Å². The standard InChI is InChI=1S/C15H18FN3S/c1-9(2)14-18-19-15(20-14)17-13-5-3-4-10-6-7-11(16)8-12(10)13/h6-9,13H,3-5H2,1-2H3,(H,17,19). The number of anilines is 1. The van der Waals surface area contributed by atoms with Crippen molar-refractivity contribution >= 4 is 16.5 Å². The van der Waals surface area contributed by atoms with Crippen molar-refractivity contribution in [3.05, 3.63) is 40.2 Å². The molecule has 2 aromatic rings. The maximum atomic E-state index is 13.5. The van der Waals surface area contributed by atoms with Crippen LogP contribution in [0.2, 0.25) is 0 Å². The van der Waals surface area contributed by atoms with Gasteiger partial charge in [0.2, 0.25) is 5.13 Å². The van der Waals surface area contributed by atoms with Crippen molar-refractivity contribution in [3.63, 3.8) is 0 Å². The molecule has 3 rings (SSSR count). The fourth-order valence-corrected chi connectivity index (χ4v) is 3.39. The van der Waals surface area contributed by atoms with E-state index in [1.807, 2.05) is 6.07 Å². The molecule has 0 aliphatic heterocycles. The molecule has 0 bridgehead atoms. The number of aryl methyl sites for hydroxylation is 1. The highest BCUT2D eigenvalue weighted by molar-refractivity contribution is 7.15. The smallest absolute Gasteiger partial charge is 0.206 e. The Hall–Kier alpha value is -1.49. The number of aromatic nitrogens is 2. The van der Waals surface area contributed by atoms with Crippen LogP contribution in [0.25, 0.3) is 0 Å². The Bertz CT molecular complexity index is 609. The molecule has 1 aliphatic carbocycles. The van der Waals surface area contributed by atoms with E-state index >= 15 is 0 Å². The zero-order valence-electron chi connectivity index (χ0n) is 11.7. The van der Waals surface area contributed by atoms with Crippen LogP contribution in [-0.2, 0) is 6.42 Å². The number of halogens is 1. The molecule has 0 saturated carbocycles. The highest BCUT2D eigenvalue weighted by Gasteiger charge is 2.22. The topological polar surface area (TPSA) is 37.8 Å². The summed E-state index contributed by atoms with van der Waals surface area (Å²) in [5.74, 6) is 0.219. The lowest BCUT2D eigenvalue weighted by Crippen LogP contribution is -2.17. The van der Waals surface area contributed by atoms with Gasteiger partial charge in [-0.1, -0.05) is 31.3 Å². The van der Waals surface area contributed by atoms with Crippen molar-refractivity contribution in [1.82, 2.24) is 10.2 Å². The molecule has 0 amide bonds. The maximum absolute atomic E-state index is 13.5. The van der Waals surface area contributed by atoms with E-state index in [-0.39, 0.29) is 11.9 Å². The number of fused-ring (bicyclic) bond motifs is 1. The molecule has 106 valence electrons. The van der Waals surface area contributed by atoms with Crippen LogP contribution in [0, 0.1) is 5.82 Å². The first-order valence-electron chi connectivity index (χ1n) is 7.02. The summed E-state index contributed by atoms with van der Waals surface area (Å²) in [4.78, 5) is 0. The third-order valence-corrected chi connectivity index (χ3v) is 4.81. The molecule has 0 spiro atoms. The van der Waals surface area contributed by atoms with Gasteiger partial charge in [0, 0.05) is 5.92 Å². The van der Waals surface area contributed by atoms with E-state index in [9.17, 15) is 4.39 Å². The predicted molar refractivity (Wildman–Crippen MR) is 79.7 cm³/mol. The van der Waals surface area contributed by atoms with Crippen LogP contribution in [0.5, 0.6) is 0 Å². The first kappa shape index (κ1) is 13.5. The minimum atomic E-state index is -0.169. The Labute approximate surface area is 122 Å². The first-order chi connectivity index (χ1) is 9.63. The summed E-state index contributed by atoms with van der Waals surface area (Å²) < 4.78 is 13.5. The van der Waals surface area contributed by atoms with E-state index in [0.29, 0.717) is 5.92 Å². The summed E-state index contributed by atoms with van der Waals surface area (Å²) in [6.07, 6.45) is 3.15. The number of hydrogen-bond donors (Lipinski definition) is 1. The van der Waals surface area contributed by atoms with Gasteiger partial charge in [-0.15, -0.1) is 10.2 Å². The van der Waals surface area contributed by atoms with Gasteiger partial charge in [-0.05, 0) is 42.5 Å². The molecule has 1 aromatic carbocycles. The number of hydrogen-bond acceptors (Lipinski definition) is 4. The summed E-state index contributed by atoms with van der Waals surface area (Å²) in [7, 11) is 0. The molecule has 3 nitrogen and oxygen atoms in total. The minimum Gasteiger partial charge on any atom is -0.353 e. The van der Waals surface area contributed by atoms with Crippen molar-refractivity contribution in [2.75, 3.05) is 5.32 Å². The highest BCUT2D eigenvalue weighted by Crippen LogP contribution is 2.34. The second kappa shape index (κ2) is 5.48. The maximum Gasteiger partial charge on any atom is 0.206 e. The zero-order valence-corrected chi connectivity index (χ0v) is 12.5. The van der Waals surface area contributed by atoms with E-state index in [1.165, 1.54) is 5.56 Å². The normalized spacial score (nSPS) is 18.1. The van der Waals surface area contributed by atoms with Gasteiger partial charge in [0.15, 0.2) is 0 Å². The van der Waals surface area contributed by atoms with Crippen molar-refractivity contribution in [2.45, 2.75) is 45.1 Å². The molecule has 0 saturated heterocycles. The van der Waals surface area contributed by atoms with E-state index in [4.69, 9.17) is 0 Å². The van der Waals surface area contributed by atoms with Gasteiger partial charge >= 0.3 is 0 Å². The summed E-state index contributed by atoms with van der Waals surface area (Å²) in [6, 6.07) is 5.24. The summed E-state index contributed by atoms with van der Waals surface area (Å²) in [5, 5.41) is 13.7. The van der Waals surface area contributed by atoms with Crippen LogP contribution in [-0.4, -0.2) is 10.2 Å². The first-order valence-corrected chi connectivity index (χ1v) is 7.83. The minimum absolute atomic E-state index is 0.141. The monoisotopic (exact) mass is 291 g/mol. The highest BCUT2D eigenvalue weighted by atomic mass is 32.1.